The minimum Gasteiger partial charge on any atom is -0.375 e. The van der Waals surface area contributed by atoms with Gasteiger partial charge in [0.25, 0.3) is 0 Å². The van der Waals surface area contributed by atoms with Crippen LogP contribution in [0.5, 0.6) is 0 Å². The highest BCUT2D eigenvalue weighted by Crippen LogP contribution is 2.25. The van der Waals surface area contributed by atoms with Crippen LogP contribution < -0.4 is 5.32 Å². The van der Waals surface area contributed by atoms with Gasteiger partial charge in [0.15, 0.2) is 0 Å². The first-order valence-corrected chi connectivity index (χ1v) is 7.21. The second-order valence-electron chi connectivity index (χ2n) is 7.43. The van der Waals surface area contributed by atoms with Crippen molar-refractivity contribution in [2.45, 2.75) is 59.6 Å². The monoisotopic (exact) mass is 270 g/mol. The normalized spacial score (nSPS) is 21.6. The van der Waals surface area contributed by atoms with Gasteiger partial charge in [-0.1, -0.05) is 13.8 Å². The minimum absolute atomic E-state index is 0.135. The summed E-state index contributed by atoms with van der Waals surface area (Å²) in [6.07, 6.45) is 1.13. The Morgan fingerprint density at radius 3 is 2.47 bits per heavy atom. The Bertz CT molecular complexity index is 308. The van der Waals surface area contributed by atoms with Gasteiger partial charge in [0.05, 0.1) is 12.7 Å². The zero-order chi connectivity index (χ0) is 14.7. The van der Waals surface area contributed by atoms with Crippen LogP contribution in [0.1, 0.15) is 48.0 Å². The lowest BCUT2D eigenvalue weighted by Crippen LogP contribution is -2.48. The number of ether oxygens (including phenoxy) is 1. The summed E-state index contributed by atoms with van der Waals surface area (Å²) in [5, 5.41) is 3.55. The van der Waals surface area contributed by atoms with E-state index in [1.807, 2.05) is 4.90 Å². The molecule has 0 aromatic carbocycles. The van der Waals surface area contributed by atoms with Crippen molar-refractivity contribution in [3.8, 4) is 0 Å². The lowest BCUT2D eigenvalue weighted by Gasteiger charge is -2.38. The number of amides is 1. The van der Waals surface area contributed by atoms with E-state index in [1.54, 1.807) is 6.92 Å². The molecule has 0 saturated carbocycles. The van der Waals surface area contributed by atoms with Crippen LogP contribution in [0.15, 0.2) is 0 Å². The lowest BCUT2D eigenvalue weighted by molar-refractivity contribution is -0.137. The number of carbonyl (C=O) groups is 1. The van der Waals surface area contributed by atoms with Crippen molar-refractivity contribution < 1.29 is 9.53 Å². The van der Waals surface area contributed by atoms with E-state index in [4.69, 9.17) is 4.74 Å². The van der Waals surface area contributed by atoms with Gasteiger partial charge in [-0.3, -0.25) is 4.79 Å². The van der Waals surface area contributed by atoms with Crippen molar-refractivity contribution in [3.05, 3.63) is 0 Å². The van der Waals surface area contributed by atoms with Gasteiger partial charge in [-0.05, 0) is 32.6 Å². The maximum atomic E-state index is 11.4. The van der Waals surface area contributed by atoms with Crippen LogP contribution in [0.3, 0.4) is 0 Å². The third-order valence-electron chi connectivity index (χ3n) is 3.46. The summed E-state index contributed by atoms with van der Waals surface area (Å²) < 4.78 is 5.80. The van der Waals surface area contributed by atoms with E-state index >= 15 is 0 Å². The van der Waals surface area contributed by atoms with Gasteiger partial charge in [0.2, 0.25) is 5.91 Å². The van der Waals surface area contributed by atoms with Gasteiger partial charge >= 0.3 is 0 Å². The number of nitrogens with zero attached hydrogens (tertiary/aromatic N) is 1. The fourth-order valence-corrected chi connectivity index (χ4v) is 2.32. The molecule has 1 aliphatic rings. The van der Waals surface area contributed by atoms with Gasteiger partial charge in [0, 0.05) is 32.1 Å². The number of morpholine rings is 1. The van der Waals surface area contributed by atoms with E-state index in [0.717, 1.165) is 26.1 Å². The molecule has 1 amide bonds. The molecule has 0 aliphatic carbocycles. The summed E-state index contributed by atoms with van der Waals surface area (Å²) in [5.74, 6) is 0.152. The standard InChI is InChI=1S/C15H30N2O2/c1-12(18)17-7-8-19-13(10-17)9-15(5,6)11-16-14(2,3)4/h13,16H,7-11H2,1-6H3. The van der Waals surface area contributed by atoms with Gasteiger partial charge < -0.3 is 15.0 Å². The van der Waals surface area contributed by atoms with Gasteiger partial charge in [-0.2, -0.15) is 0 Å². The highest BCUT2D eigenvalue weighted by molar-refractivity contribution is 5.73. The summed E-state index contributed by atoms with van der Waals surface area (Å²) in [6, 6.07) is 0. The molecular formula is C15H30N2O2. The van der Waals surface area contributed by atoms with Crippen LogP contribution in [0.4, 0.5) is 0 Å². The van der Waals surface area contributed by atoms with Crippen molar-refractivity contribution in [2.24, 2.45) is 5.41 Å². The summed E-state index contributed by atoms with van der Waals surface area (Å²) in [5.41, 5.74) is 0.299. The highest BCUT2D eigenvalue weighted by atomic mass is 16.5. The average Bonchev–Trinajstić information content (AvgIpc) is 2.25. The molecule has 1 atom stereocenters. The Kier molecular flexibility index (Phi) is 5.39. The Hall–Kier alpha value is -0.610. The first-order chi connectivity index (χ1) is 8.59. The van der Waals surface area contributed by atoms with Crippen LogP contribution in [-0.2, 0) is 9.53 Å². The molecule has 1 heterocycles. The summed E-state index contributed by atoms with van der Waals surface area (Å²) in [4.78, 5) is 13.3. The smallest absolute Gasteiger partial charge is 0.219 e. The molecule has 1 saturated heterocycles. The van der Waals surface area contributed by atoms with E-state index in [2.05, 4.69) is 39.9 Å². The zero-order valence-electron chi connectivity index (χ0n) is 13.4. The van der Waals surface area contributed by atoms with E-state index in [1.165, 1.54) is 0 Å². The van der Waals surface area contributed by atoms with Crippen LogP contribution >= 0.6 is 0 Å². The molecule has 1 rings (SSSR count). The Morgan fingerprint density at radius 1 is 1.32 bits per heavy atom. The molecule has 1 aliphatic heterocycles. The summed E-state index contributed by atoms with van der Waals surface area (Å²) in [7, 11) is 0. The molecule has 1 unspecified atom stereocenters. The quantitative estimate of drug-likeness (QED) is 0.850. The molecule has 1 fully saturated rings. The summed E-state index contributed by atoms with van der Waals surface area (Å²) >= 11 is 0. The molecule has 1 N–H and O–H groups in total. The van der Waals surface area contributed by atoms with Gasteiger partial charge in [-0.15, -0.1) is 0 Å². The third kappa shape index (κ3) is 6.39. The zero-order valence-corrected chi connectivity index (χ0v) is 13.4. The van der Waals surface area contributed by atoms with Gasteiger partial charge in [0.1, 0.15) is 0 Å². The third-order valence-corrected chi connectivity index (χ3v) is 3.46. The molecule has 0 bridgehead atoms. The lowest BCUT2D eigenvalue weighted by atomic mass is 9.85. The van der Waals surface area contributed by atoms with Crippen LogP contribution in [0.25, 0.3) is 0 Å². The fourth-order valence-electron chi connectivity index (χ4n) is 2.32. The van der Waals surface area contributed by atoms with Crippen molar-refractivity contribution >= 4 is 5.91 Å². The number of hydrogen-bond acceptors (Lipinski definition) is 3. The number of carbonyl (C=O) groups excluding carboxylic acids is 1. The molecule has 0 aromatic heterocycles. The minimum atomic E-state index is 0.135. The average molecular weight is 270 g/mol. The van der Waals surface area contributed by atoms with Crippen molar-refractivity contribution in [1.29, 1.82) is 0 Å². The number of rotatable bonds is 4. The number of hydrogen-bond donors (Lipinski definition) is 1. The predicted octanol–water partition coefficient (Wildman–Crippen LogP) is 2.04. The predicted molar refractivity (Wildman–Crippen MR) is 78.1 cm³/mol. The summed E-state index contributed by atoms with van der Waals surface area (Å²) in [6.45, 7) is 15.7. The molecule has 0 aromatic rings. The Morgan fingerprint density at radius 2 is 1.95 bits per heavy atom. The molecule has 0 radical (unpaired) electrons. The first-order valence-electron chi connectivity index (χ1n) is 7.21. The maximum absolute atomic E-state index is 11.4. The van der Waals surface area contributed by atoms with Crippen molar-refractivity contribution in [2.75, 3.05) is 26.2 Å². The Labute approximate surface area is 117 Å². The van der Waals surface area contributed by atoms with Crippen LogP contribution in [0, 0.1) is 5.41 Å². The maximum Gasteiger partial charge on any atom is 0.219 e. The van der Waals surface area contributed by atoms with Crippen LogP contribution in [0.2, 0.25) is 0 Å². The first kappa shape index (κ1) is 16.4. The molecule has 19 heavy (non-hydrogen) atoms. The van der Waals surface area contributed by atoms with Gasteiger partial charge in [-0.25, -0.2) is 0 Å². The molecule has 4 heteroatoms. The van der Waals surface area contributed by atoms with E-state index in [9.17, 15) is 4.79 Å². The van der Waals surface area contributed by atoms with E-state index < -0.39 is 0 Å². The second-order valence-corrected chi connectivity index (χ2v) is 7.43. The molecular weight excluding hydrogens is 240 g/mol. The van der Waals surface area contributed by atoms with Crippen molar-refractivity contribution in [1.82, 2.24) is 10.2 Å². The molecule has 112 valence electrons. The number of nitrogens with one attached hydrogen (secondary N) is 1. The fraction of sp³-hybridized carbons (Fsp3) is 0.933. The second kappa shape index (κ2) is 6.23. The van der Waals surface area contributed by atoms with E-state index in [0.29, 0.717) is 6.61 Å². The highest BCUT2D eigenvalue weighted by Gasteiger charge is 2.29. The molecule has 4 nitrogen and oxygen atoms in total. The topological polar surface area (TPSA) is 41.6 Å². The Balaban J connectivity index is 2.46. The van der Waals surface area contributed by atoms with Crippen molar-refractivity contribution in [3.63, 3.8) is 0 Å². The SMILES string of the molecule is CC(=O)N1CCOC(CC(C)(C)CNC(C)(C)C)C1. The van der Waals surface area contributed by atoms with Crippen LogP contribution in [-0.4, -0.2) is 48.7 Å². The van der Waals surface area contributed by atoms with E-state index in [-0.39, 0.29) is 23.0 Å². The largest absolute Gasteiger partial charge is 0.375 e. The molecule has 0 spiro atoms.